The molecule has 1 amide bonds. The van der Waals surface area contributed by atoms with Crippen LogP contribution in [0.2, 0.25) is 0 Å². The maximum absolute atomic E-state index is 11.3. The first kappa shape index (κ1) is 8.43. The summed E-state index contributed by atoms with van der Waals surface area (Å²) in [6, 6.07) is 7.03. The summed E-state index contributed by atoms with van der Waals surface area (Å²) in [6.07, 6.45) is 0. The Labute approximate surface area is 78.9 Å². The molecule has 1 aromatic heterocycles. The molecule has 2 aromatic rings. The lowest BCUT2D eigenvalue weighted by atomic mass is 10.1. The number of amides is 1. The van der Waals surface area contributed by atoms with Gasteiger partial charge in [-0.25, -0.2) is 0 Å². The van der Waals surface area contributed by atoms with Crippen LogP contribution in [0.3, 0.4) is 0 Å². The Morgan fingerprint density at radius 1 is 1.29 bits per heavy atom. The van der Waals surface area contributed by atoms with Gasteiger partial charge in [-0.2, -0.15) is 5.10 Å². The lowest BCUT2D eigenvalue weighted by molar-refractivity contribution is -0.114. The molecule has 5 nitrogen and oxygen atoms in total. The number of carbonyl (C=O) groups excluding carboxylic acids is 2. The number of Topliss-reactive ketones (excluding diaryl/α,β-unsaturated/α-hetero) is 1. The molecule has 0 aliphatic rings. The number of nitrogens with two attached hydrogens (primary N) is 1. The van der Waals surface area contributed by atoms with E-state index in [9.17, 15) is 9.59 Å². The molecule has 1 heterocycles. The van der Waals surface area contributed by atoms with E-state index < -0.39 is 11.7 Å². The van der Waals surface area contributed by atoms with Gasteiger partial charge in [0.2, 0.25) is 0 Å². The predicted molar refractivity (Wildman–Crippen MR) is 49.6 cm³/mol. The summed E-state index contributed by atoms with van der Waals surface area (Å²) >= 11 is 0. The van der Waals surface area contributed by atoms with Gasteiger partial charge in [0.15, 0.2) is 0 Å². The van der Waals surface area contributed by atoms with Crippen molar-refractivity contribution < 1.29 is 9.59 Å². The number of fused-ring (bicyclic) bond motifs is 1. The minimum absolute atomic E-state index is 0.0769. The van der Waals surface area contributed by atoms with E-state index in [1.165, 1.54) is 0 Å². The van der Waals surface area contributed by atoms with Crippen LogP contribution in [0, 0.1) is 0 Å². The Hall–Kier alpha value is -2.17. The van der Waals surface area contributed by atoms with E-state index in [2.05, 4.69) is 10.2 Å². The number of aromatic amines is 1. The second-order valence-electron chi connectivity index (χ2n) is 2.81. The highest BCUT2D eigenvalue weighted by molar-refractivity contribution is 6.43. The zero-order chi connectivity index (χ0) is 10.1. The number of carbonyl (C=O) groups is 2. The third kappa shape index (κ3) is 1.15. The highest BCUT2D eigenvalue weighted by atomic mass is 16.2. The van der Waals surface area contributed by atoms with Crippen molar-refractivity contribution in [1.29, 1.82) is 0 Å². The van der Waals surface area contributed by atoms with Gasteiger partial charge in [0.1, 0.15) is 5.69 Å². The minimum atomic E-state index is -0.998. The molecule has 0 bridgehead atoms. The van der Waals surface area contributed by atoms with Gasteiger partial charge in [0.25, 0.3) is 11.7 Å². The smallest absolute Gasteiger partial charge is 0.291 e. The Morgan fingerprint density at radius 2 is 2.00 bits per heavy atom. The van der Waals surface area contributed by atoms with Gasteiger partial charge in [-0.1, -0.05) is 18.2 Å². The fourth-order valence-electron chi connectivity index (χ4n) is 1.25. The van der Waals surface area contributed by atoms with Crippen LogP contribution in [0.25, 0.3) is 10.9 Å². The number of H-pyrrole nitrogens is 1. The topological polar surface area (TPSA) is 88.8 Å². The molecular weight excluding hydrogens is 182 g/mol. The van der Waals surface area contributed by atoms with Gasteiger partial charge in [0.05, 0.1) is 5.52 Å². The number of ketones is 1. The molecule has 0 saturated carbocycles. The molecule has 70 valence electrons. The van der Waals surface area contributed by atoms with Gasteiger partial charge in [-0.05, 0) is 6.07 Å². The SMILES string of the molecule is NC(=O)C(=O)c1n[nH]c2ccccc12. The third-order valence-corrected chi connectivity index (χ3v) is 1.91. The zero-order valence-corrected chi connectivity index (χ0v) is 7.15. The maximum Gasteiger partial charge on any atom is 0.291 e. The van der Waals surface area contributed by atoms with E-state index in [1.807, 2.05) is 0 Å². The lowest BCUT2D eigenvalue weighted by Gasteiger charge is -1.90. The van der Waals surface area contributed by atoms with Crippen molar-refractivity contribution in [2.75, 3.05) is 0 Å². The molecule has 0 saturated heterocycles. The zero-order valence-electron chi connectivity index (χ0n) is 7.15. The molecule has 3 N–H and O–H groups in total. The standard InChI is InChI=1S/C9H7N3O2/c10-9(14)8(13)7-5-3-1-2-4-6(5)11-12-7/h1-4H,(H2,10,14)(H,11,12). The molecule has 0 aliphatic carbocycles. The summed E-state index contributed by atoms with van der Waals surface area (Å²) < 4.78 is 0. The van der Waals surface area contributed by atoms with Crippen LogP contribution in [0.5, 0.6) is 0 Å². The van der Waals surface area contributed by atoms with Crippen molar-refractivity contribution in [3.63, 3.8) is 0 Å². The quantitative estimate of drug-likeness (QED) is 0.523. The van der Waals surface area contributed by atoms with E-state index in [1.54, 1.807) is 24.3 Å². The molecule has 0 unspecified atom stereocenters. The number of primary amides is 1. The van der Waals surface area contributed by atoms with Crippen LogP contribution >= 0.6 is 0 Å². The Morgan fingerprint density at radius 3 is 2.71 bits per heavy atom. The summed E-state index contributed by atoms with van der Waals surface area (Å²) in [6.45, 7) is 0. The molecule has 0 radical (unpaired) electrons. The van der Waals surface area contributed by atoms with Crippen LogP contribution < -0.4 is 5.73 Å². The van der Waals surface area contributed by atoms with Crippen molar-refractivity contribution in [3.05, 3.63) is 30.0 Å². The molecule has 0 atom stereocenters. The summed E-state index contributed by atoms with van der Waals surface area (Å²) in [5.41, 5.74) is 5.66. The fourth-order valence-corrected chi connectivity index (χ4v) is 1.25. The van der Waals surface area contributed by atoms with E-state index in [0.717, 1.165) is 0 Å². The number of nitrogens with zero attached hydrogens (tertiary/aromatic N) is 1. The van der Waals surface area contributed by atoms with E-state index in [4.69, 9.17) is 5.73 Å². The van der Waals surface area contributed by atoms with Crippen LogP contribution in [-0.2, 0) is 4.79 Å². The van der Waals surface area contributed by atoms with Gasteiger partial charge in [-0.15, -0.1) is 0 Å². The number of rotatable bonds is 2. The number of nitrogens with one attached hydrogen (secondary N) is 1. The maximum atomic E-state index is 11.3. The van der Waals surface area contributed by atoms with Crippen LogP contribution in [0.4, 0.5) is 0 Å². The van der Waals surface area contributed by atoms with Crippen molar-refractivity contribution in [2.45, 2.75) is 0 Å². The first-order chi connectivity index (χ1) is 6.70. The largest absolute Gasteiger partial charge is 0.363 e. The van der Waals surface area contributed by atoms with Crippen molar-refractivity contribution >= 4 is 22.6 Å². The third-order valence-electron chi connectivity index (χ3n) is 1.91. The van der Waals surface area contributed by atoms with E-state index in [-0.39, 0.29) is 5.69 Å². The summed E-state index contributed by atoms with van der Waals surface area (Å²) in [7, 11) is 0. The minimum Gasteiger partial charge on any atom is -0.363 e. The van der Waals surface area contributed by atoms with Gasteiger partial charge in [-0.3, -0.25) is 14.7 Å². The summed E-state index contributed by atoms with van der Waals surface area (Å²) in [4.78, 5) is 21.9. The van der Waals surface area contributed by atoms with Crippen LogP contribution in [0.1, 0.15) is 10.5 Å². The number of para-hydroxylation sites is 1. The monoisotopic (exact) mass is 189 g/mol. The van der Waals surface area contributed by atoms with Gasteiger partial charge >= 0.3 is 0 Å². The first-order valence-electron chi connectivity index (χ1n) is 3.97. The van der Waals surface area contributed by atoms with Crippen LogP contribution in [0.15, 0.2) is 24.3 Å². The summed E-state index contributed by atoms with van der Waals surface area (Å²) in [5.74, 6) is -1.77. The Balaban J connectivity index is 2.64. The lowest BCUT2D eigenvalue weighted by Crippen LogP contribution is -2.23. The van der Waals surface area contributed by atoms with Gasteiger partial charge in [0, 0.05) is 5.39 Å². The Kier molecular flexibility index (Phi) is 1.78. The Bertz CT molecular complexity index is 516. The average Bonchev–Trinajstić information content (AvgIpc) is 2.60. The molecule has 1 aromatic carbocycles. The van der Waals surface area contributed by atoms with Crippen molar-refractivity contribution in [1.82, 2.24) is 10.2 Å². The molecule has 0 spiro atoms. The first-order valence-corrected chi connectivity index (χ1v) is 3.97. The molecule has 5 heteroatoms. The molecule has 14 heavy (non-hydrogen) atoms. The molecule has 0 aliphatic heterocycles. The van der Waals surface area contributed by atoms with E-state index >= 15 is 0 Å². The number of benzene rings is 1. The summed E-state index contributed by atoms with van der Waals surface area (Å²) in [5, 5.41) is 6.99. The van der Waals surface area contributed by atoms with Crippen molar-refractivity contribution in [2.24, 2.45) is 5.73 Å². The van der Waals surface area contributed by atoms with Gasteiger partial charge < -0.3 is 5.73 Å². The highest BCUT2D eigenvalue weighted by Crippen LogP contribution is 2.14. The van der Waals surface area contributed by atoms with Crippen LogP contribution in [-0.4, -0.2) is 21.9 Å². The predicted octanol–water partition coefficient (Wildman–Crippen LogP) is 0.231. The van der Waals surface area contributed by atoms with Crippen molar-refractivity contribution in [3.8, 4) is 0 Å². The fraction of sp³-hybridized carbons (Fsp3) is 0. The molecule has 2 rings (SSSR count). The second kappa shape index (κ2) is 2.95. The van der Waals surface area contributed by atoms with E-state index in [0.29, 0.717) is 10.9 Å². The molecule has 0 fully saturated rings. The number of aromatic nitrogens is 2. The second-order valence-corrected chi connectivity index (χ2v) is 2.81. The number of hydrogen-bond acceptors (Lipinski definition) is 3. The normalized spacial score (nSPS) is 10.3. The molecular formula is C9H7N3O2. The number of hydrogen-bond donors (Lipinski definition) is 2. The average molecular weight is 189 g/mol. The highest BCUT2D eigenvalue weighted by Gasteiger charge is 2.18.